The van der Waals surface area contributed by atoms with Gasteiger partial charge in [-0.3, -0.25) is 19.5 Å². The Bertz CT molecular complexity index is 1280. The number of fused-ring (bicyclic) bond motifs is 1. The second-order valence-corrected chi connectivity index (χ2v) is 9.04. The number of carbonyl (C=O) groups excluding carboxylic acids is 3. The summed E-state index contributed by atoms with van der Waals surface area (Å²) >= 11 is 0. The summed E-state index contributed by atoms with van der Waals surface area (Å²) in [6, 6.07) is -2.59. The summed E-state index contributed by atoms with van der Waals surface area (Å²) < 4.78 is 127. The van der Waals surface area contributed by atoms with E-state index in [0.29, 0.717) is 12.3 Å². The quantitative estimate of drug-likeness (QED) is 0.225. The minimum absolute atomic E-state index is 0.167. The molecule has 1 aromatic carbocycles. The molecular weight excluding hydrogens is 581 g/mol. The number of nitrogens with two attached hydrogens (primary N) is 1. The Morgan fingerprint density at radius 2 is 1.78 bits per heavy atom. The summed E-state index contributed by atoms with van der Waals surface area (Å²) in [6.45, 7) is 0.528. The van der Waals surface area contributed by atoms with Crippen LogP contribution in [0.1, 0.15) is 25.3 Å². The molecule has 0 fully saturated rings. The van der Waals surface area contributed by atoms with E-state index in [9.17, 15) is 53.9 Å². The van der Waals surface area contributed by atoms with Gasteiger partial charge in [-0.15, -0.1) is 0 Å². The zero-order valence-electron chi connectivity index (χ0n) is 20.9. The smallest absolute Gasteiger partial charge is 0.404 e. The molecule has 0 bridgehead atoms. The van der Waals surface area contributed by atoms with Crippen LogP contribution in [0.3, 0.4) is 0 Å². The van der Waals surface area contributed by atoms with Crippen molar-refractivity contribution in [1.82, 2.24) is 15.5 Å². The van der Waals surface area contributed by atoms with Crippen LogP contribution in [0.5, 0.6) is 0 Å². The highest BCUT2D eigenvalue weighted by atomic mass is 19.4. The van der Waals surface area contributed by atoms with Crippen molar-refractivity contribution in [3.8, 4) is 0 Å². The number of rotatable bonds is 9. The van der Waals surface area contributed by atoms with Gasteiger partial charge in [-0.1, -0.05) is 6.92 Å². The second kappa shape index (κ2) is 11.6. The molecule has 2 aliphatic rings. The predicted molar refractivity (Wildman–Crippen MR) is 121 cm³/mol. The molecule has 0 saturated carbocycles. The number of aliphatic imine (C=N–C) groups is 1. The molecule has 2 heterocycles. The summed E-state index contributed by atoms with van der Waals surface area (Å²) in [6.07, 6.45) is -11.8. The van der Waals surface area contributed by atoms with Gasteiger partial charge >= 0.3 is 30.1 Å². The van der Waals surface area contributed by atoms with E-state index in [-0.39, 0.29) is 23.9 Å². The van der Waals surface area contributed by atoms with Crippen LogP contribution < -0.4 is 16.4 Å². The average Bonchev–Trinajstić information content (AvgIpc) is 3.21. The Labute approximate surface area is 225 Å². The number of nitrogens with zero attached hydrogens (tertiary/aromatic N) is 2. The molecule has 9 nitrogen and oxygen atoms in total. The summed E-state index contributed by atoms with van der Waals surface area (Å²) in [5.74, 6) is -13.5. The van der Waals surface area contributed by atoms with E-state index in [1.54, 1.807) is 0 Å². The maximum absolute atomic E-state index is 14.0. The fourth-order valence-electron chi connectivity index (χ4n) is 4.19. The zero-order chi connectivity index (χ0) is 30.9. The van der Waals surface area contributed by atoms with Crippen LogP contribution in [0, 0.1) is 17.5 Å². The Balaban J connectivity index is 2.03. The minimum atomic E-state index is -5.76. The molecule has 3 rings (SSSR count). The highest BCUT2D eigenvalue weighted by Gasteiger charge is 2.64. The van der Waals surface area contributed by atoms with Crippen LogP contribution in [-0.2, 0) is 25.5 Å². The number of Topliss-reactive ketones (excluding diaryl/α,β-unsaturated/α-hetero) is 1. The first kappa shape index (κ1) is 31.7. The van der Waals surface area contributed by atoms with Gasteiger partial charge < -0.3 is 21.1 Å². The summed E-state index contributed by atoms with van der Waals surface area (Å²) in [7, 11) is 0. The third kappa shape index (κ3) is 6.57. The zero-order valence-corrected chi connectivity index (χ0v) is 20.9. The number of ether oxygens (including phenoxy) is 1. The van der Waals surface area contributed by atoms with Crippen molar-refractivity contribution >= 4 is 23.9 Å². The number of halogens is 9. The molecule has 4 N–H and O–H groups in total. The molecule has 0 aromatic heterocycles. The highest BCUT2D eigenvalue weighted by Crippen LogP contribution is 2.41. The standard InChI is InChI=1S/C23H22F9N5O4/c1-2-3-35-19(39)23(41-20(40)22(30,31)32)36-18(21(27,28)29)16-9-34-8-15(37(16)23)17(38)6-11(33)4-10-5-13(25)14(26)7-12(10)24/h5,7,9,11,15,36H,2-4,6,8,33H2,1H3,(H,35,39)/t11?,15-,23?/m1/s1. The molecule has 2 unspecified atom stereocenters. The van der Waals surface area contributed by atoms with Crippen LogP contribution in [0.25, 0.3) is 0 Å². The number of carbonyl (C=O) groups is 3. The molecule has 0 aliphatic carbocycles. The highest BCUT2D eigenvalue weighted by molar-refractivity contribution is 5.96. The van der Waals surface area contributed by atoms with Gasteiger partial charge in [0.15, 0.2) is 17.4 Å². The number of ketones is 1. The Hall–Kier alpha value is -3.83. The van der Waals surface area contributed by atoms with Gasteiger partial charge in [-0.2, -0.15) is 26.3 Å². The molecule has 226 valence electrons. The Morgan fingerprint density at radius 1 is 1.15 bits per heavy atom. The van der Waals surface area contributed by atoms with E-state index < -0.39 is 102 Å². The lowest BCUT2D eigenvalue weighted by atomic mass is 9.96. The third-order valence-corrected chi connectivity index (χ3v) is 5.96. The number of benzene rings is 1. The van der Waals surface area contributed by atoms with E-state index in [2.05, 4.69) is 15.0 Å². The molecule has 2 aliphatic heterocycles. The first-order valence-electron chi connectivity index (χ1n) is 11.8. The number of amides is 1. The van der Waals surface area contributed by atoms with Crippen molar-refractivity contribution in [3.63, 3.8) is 0 Å². The first-order chi connectivity index (χ1) is 18.9. The third-order valence-electron chi connectivity index (χ3n) is 5.96. The number of nitrogens with one attached hydrogen (secondary N) is 2. The Kier molecular flexibility index (Phi) is 8.95. The summed E-state index contributed by atoms with van der Waals surface area (Å²) in [4.78, 5) is 42.1. The van der Waals surface area contributed by atoms with Crippen molar-refractivity contribution in [2.24, 2.45) is 10.7 Å². The monoisotopic (exact) mass is 603 g/mol. The van der Waals surface area contributed by atoms with Crippen LogP contribution in [-0.4, -0.2) is 72.1 Å². The topological polar surface area (TPSA) is 126 Å². The SMILES string of the molecule is CCCNC(=O)C1(OC(=O)C(F)(F)F)NC(C(F)(F)F)=C2C=NC[C@H](C(=O)CC(N)Cc3cc(F)c(F)cc3F)N21. The number of hydrogen-bond acceptors (Lipinski definition) is 8. The lowest BCUT2D eigenvalue weighted by Gasteiger charge is -2.42. The van der Waals surface area contributed by atoms with Crippen LogP contribution >= 0.6 is 0 Å². The van der Waals surface area contributed by atoms with E-state index in [4.69, 9.17) is 5.73 Å². The van der Waals surface area contributed by atoms with E-state index >= 15 is 0 Å². The lowest BCUT2D eigenvalue weighted by Crippen LogP contribution is -2.70. The van der Waals surface area contributed by atoms with Crippen molar-refractivity contribution in [3.05, 3.63) is 46.5 Å². The molecule has 0 spiro atoms. The van der Waals surface area contributed by atoms with Crippen molar-refractivity contribution in [2.45, 2.75) is 56.5 Å². The van der Waals surface area contributed by atoms with E-state index in [1.807, 2.05) is 0 Å². The molecule has 0 saturated heterocycles. The second-order valence-electron chi connectivity index (χ2n) is 9.04. The van der Waals surface area contributed by atoms with Gasteiger partial charge in [0, 0.05) is 31.3 Å². The van der Waals surface area contributed by atoms with Gasteiger partial charge in [-0.25, -0.2) is 18.0 Å². The fourth-order valence-corrected chi connectivity index (χ4v) is 4.19. The van der Waals surface area contributed by atoms with Crippen molar-refractivity contribution in [1.29, 1.82) is 0 Å². The van der Waals surface area contributed by atoms with Crippen molar-refractivity contribution < 1.29 is 58.6 Å². The molecular formula is C23H22F9N5O4. The molecule has 1 aromatic rings. The normalized spacial score (nSPS) is 21.3. The van der Waals surface area contributed by atoms with Crippen LogP contribution in [0.4, 0.5) is 39.5 Å². The van der Waals surface area contributed by atoms with Crippen LogP contribution in [0.15, 0.2) is 28.5 Å². The molecule has 41 heavy (non-hydrogen) atoms. The molecule has 0 radical (unpaired) electrons. The summed E-state index contributed by atoms with van der Waals surface area (Å²) in [5, 5.41) is 3.58. The van der Waals surface area contributed by atoms with Crippen molar-refractivity contribution in [2.75, 3.05) is 13.1 Å². The largest absolute Gasteiger partial charge is 0.491 e. The van der Waals surface area contributed by atoms with E-state index in [1.165, 1.54) is 12.2 Å². The van der Waals surface area contributed by atoms with Gasteiger partial charge in [0.05, 0.1) is 12.2 Å². The van der Waals surface area contributed by atoms with Gasteiger partial charge in [0.1, 0.15) is 17.6 Å². The van der Waals surface area contributed by atoms with Gasteiger partial charge in [0.2, 0.25) is 0 Å². The van der Waals surface area contributed by atoms with Crippen LogP contribution in [0.2, 0.25) is 0 Å². The van der Waals surface area contributed by atoms with Gasteiger partial charge in [-0.05, 0) is 24.5 Å². The number of alkyl halides is 6. The Morgan fingerprint density at radius 3 is 2.37 bits per heavy atom. The number of esters is 1. The maximum Gasteiger partial charge on any atom is 0.491 e. The number of allylic oxidation sites excluding steroid dienone is 2. The fraction of sp³-hybridized carbons (Fsp3) is 0.478. The summed E-state index contributed by atoms with van der Waals surface area (Å²) in [5.41, 5.74) is 2.50. The minimum Gasteiger partial charge on any atom is -0.404 e. The molecule has 18 heteroatoms. The van der Waals surface area contributed by atoms with Gasteiger partial charge in [0.25, 0.3) is 0 Å². The average molecular weight is 603 g/mol. The predicted octanol–water partition coefficient (Wildman–Crippen LogP) is 2.35. The lowest BCUT2D eigenvalue weighted by molar-refractivity contribution is -0.232. The molecule has 1 amide bonds. The first-order valence-corrected chi connectivity index (χ1v) is 11.8. The number of hydrogen-bond donors (Lipinski definition) is 3. The van der Waals surface area contributed by atoms with E-state index in [0.717, 1.165) is 0 Å². The maximum atomic E-state index is 14.0. The molecule has 3 atom stereocenters.